The molecule has 1 aliphatic rings. The van der Waals surface area contributed by atoms with Crippen molar-refractivity contribution in [3.05, 3.63) is 47.3 Å². The van der Waals surface area contributed by atoms with E-state index in [9.17, 15) is 4.79 Å². The van der Waals surface area contributed by atoms with Gasteiger partial charge >= 0.3 is 0 Å². The van der Waals surface area contributed by atoms with E-state index >= 15 is 0 Å². The molecule has 1 amide bonds. The number of hydrogen-bond acceptors (Lipinski definition) is 4. The Morgan fingerprint density at radius 3 is 2.42 bits per heavy atom. The number of aryl methyl sites for hydroxylation is 2. The van der Waals surface area contributed by atoms with Gasteiger partial charge in [0.2, 0.25) is 5.95 Å². The number of aromatic nitrogens is 2. The fourth-order valence-corrected chi connectivity index (χ4v) is 3.37. The quantitative estimate of drug-likeness (QED) is 0.763. The summed E-state index contributed by atoms with van der Waals surface area (Å²) < 4.78 is 0. The van der Waals surface area contributed by atoms with Gasteiger partial charge < -0.3 is 10.6 Å². The lowest BCUT2D eigenvalue weighted by Gasteiger charge is -2.17. The molecule has 2 N–H and O–H groups in total. The lowest BCUT2D eigenvalue weighted by molar-refractivity contribution is 0.102. The van der Waals surface area contributed by atoms with Crippen LogP contribution in [-0.4, -0.2) is 21.9 Å². The molecule has 0 unspecified atom stereocenters. The molecular formula is C21H28N4O. The zero-order valence-electron chi connectivity index (χ0n) is 15.7. The zero-order valence-corrected chi connectivity index (χ0v) is 15.7. The summed E-state index contributed by atoms with van der Waals surface area (Å²) >= 11 is 0. The summed E-state index contributed by atoms with van der Waals surface area (Å²) in [5.74, 6) is 0.354. The molecule has 3 rings (SSSR count). The lowest BCUT2D eigenvalue weighted by Crippen LogP contribution is -2.22. The van der Waals surface area contributed by atoms with E-state index in [-0.39, 0.29) is 5.91 Å². The van der Waals surface area contributed by atoms with Crippen LogP contribution in [0.3, 0.4) is 0 Å². The van der Waals surface area contributed by atoms with E-state index in [0.717, 1.165) is 30.6 Å². The van der Waals surface area contributed by atoms with Crippen molar-refractivity contribution in [3.8, 4) is 0 Å². The largest absolute Gasteiger partial charge is 0.351 e. The fourth-order valence-electron chi connectivity index (χ4n) is 3.37. The molecule has 0 spiro atoms. The monoisotopic (exact) mass is 352 g/mol. The molecule has 2 aromatic rings. The average Bonchev–Trinajstić information content (AvgIpc) is 2.90. The molecule has 1 fully saturated rings. The van der Waals surface area contributed by atoms with E-state index in [0.29, 0.717) is 17.7 Å². The average molecular weight is 352 g/mol. The second kappa shape index (κ2) is 8.79. The van der Waals surface area contributed by atoms with Crippen molar-refractivity contribution < 1.29 is 4.79 Å². The predicted octanol–water partition coefficient (Wildman–Crippen LogP) is 4.73. The minimum atomic E-state index is -0.205. The fraction of sp³-hybridized carbons (Fsp3) is 0.476. The van der Waals surface area contributed by atoms with E-state index in [2.05, 4.69) is 27.5 Å². The Kier molecular flexibility index (Phi) is 6.21. The van der Waals surface area contributed by atoms with Crippen LogP contribution in [0.15, 0.2) is 30.3 Å². The SMILES string of the molecule is CCc1ccc(NC(=O)c2cc(C)nc(NC3CCCCCC3)n2)cc1. The standard InChI is InChI=1S/C21H28N4O/c1-3-16-10-12-18(13-11-16)23-20(26)19-14-15(2)22-21(25-19)24-17-8-6-4-5-7-9-17/h10-14,17H,3-9H2,1-2H3,(H,23,26)(H,22,24,25). The molecule has 138 valence electrons. The molecular weight excluding hydrogens is 324 g/mol. The van der Waals surface area contributed by atoms with Crippen LogP contribution >= 0.6 is 0 Å². The summed E-state index contributed by atoms with van der Waals surface area (Å²) in [6, 6.07) is 10.0. The van der Waals surface area contributed by atoms with E-state index in [1.54, 1.807) is 6.07 Å². The summed E-state index contributed by atoms with van der Waals surface area (Å²) in [5.41, 5.74) is 3.22. The highest BCUT2D eigenvalue weighted by Gasteiger charge is 2.16. The van der Waals surface area contributed by atoms with Gasteiger partial charge in [-0.15, -0.1) is 0 Å². The van der Waals surface area contributed by atoms with Crippen LogP contribution in [0.1, 0.15) is 67.2 Å². The van der Waals surface area contributed by atoms with Crippen LogP contribution in [0.5, 0.6) is 0 Å². The van der Waals surface area contributed by atoms with Gasteiger partial charge in [0.05, 0.1) is 0 Å². The maximum absolute atomic E-state index is 12.6. The van der Waals surface area contributed by atoms with Gasteiger partial charge in [0, 0.05) is 17.4 Å². The summed E-state index contributed by atoms with van der Waals surface area (Å²) in [6.45, 7) is 4.01. The molecule has 0 saturated heterocycles. The van der Waals surface area contributed by atoms with Crippen LogP contribution in [-0.2, 0) is 6.42 Å². The summed E-state index contributed by atoms with van der Waals surface area (Å²) in [6.07, 6.45) is 8.35. The van der Waals surface area contributed by atoms with Crippen molar-refractivity contribution >= 4 is 17.5 Å². The number of hydrogen-bond donors (Lipinski definition) is 2. The number of carbonyl (C=O) groups is 1. The third-order valence-electron chi connectivity index (χ3n) is 4.90. The minimum absolute atomic E-state index is 0.205. The summed E-state index contributed by atoms with van der Waals surface area (Å²) in [4.78, 5) is 21.5. The molecule has 26 heavy (non-hydrogen) atoms. The summed E-state index contributed by atoms with van der Waals surface area (Å²) in [7, 11) is 0. The smallest absolute Gasteiger partial charge is 0.274 e. The van der Waals surface area contributed by atoms with Crippen molar-refractivity contribution in [3.63, 3.8) is 0 Å². The Labute approximate surface area is 155 Å². The lowest BCUT2D eigenvalue weighted by atomic mass is 10.1. The first-order valence-corrected chi connectivity index (χ1v) is 9.66. The molecule has 5 nitrogen and oxygen atoms in total. The predicted molar refractivity (Wildman–Crippen MR) is 106 cm³/mol. The Bertz CT molecular complexity index is 734. The molecule has 1 heterocycles. The molecule has 1 aromatic heterocycles. The number of anilines is 2. The molecule has 0 bridgehead atoms. The van der Waals surface area contributed by atoms with Crippen LogP contribution in [0.4, 0.5) is 11.6 Å². The number of benzene rings is 1. The third kappa shape index (κ3) is 5.04. The second-order valence-corrected chi connectivity index (χ2v) is 7.06. The van der Waals surface area contributed by atoms with Gasteiger partial charge in [0.15, 0.2) is 0 Å². The maximum Gasteiger partial charge on any atom is 0.274 e. The van der Waals surface area contributed by atoms with Crippen molar-refractivity contribution in [2.45, 2.75) is 64.8 Å². The second-order valence-electron chi connectivity index (χ2n) is 7.06. The van der Waals surface area contributed by atoms with Crippen LogP contribution in [0.25, 0.3) is 0 Å². The Hall–Kier alpha value is -2.43. The molecule has 0 radical (unpaired) electrons. The highest BCUT2D eigenvalue weighted by Crippen LogP contribution is 2.20. The van der Waals surface area contributed by atoms with E-state index in [1.165, 1.54) is 31.2 Å². The summed E-state index contributed by atoms with van der Waals surface area (Å²) in [5, 5.41) is 6.35. The number of nitrogens with one attached hydrogen (secondary N) is 2. The number of carbonyl (C=O) groups excluding carboxylic acids is 1. The normalized spacial score (nSPS) is 15.3. The van der Waals surface area contributed by atoms with Gasteiger partial charge in [-0.2, -0.15) is 0 Å². The van der Waals surface area contributed by atoms with E-state index < -0.39 is 0 Å². The first kappa shape index (κ1) is 18.4. The van der Waals surface area contributed by atoms with Crippen LogP contribution in [0, 0.1) is 6.92 Å². The van der Waals surface area contributed by atoms with E-state index in [4.69, 9.17) is 0 Å². The Morgan fingerprint density at radius 1 is 1.08 bits per heavy atom. The van der Waals surface area contributed by atoms with Crippen molar-refractivity contribution in [1.29, 1.82) is 0 Å². The molecule has 0 atom stereocenters. The number of nitrogens with zero attached hydrogens (tertiary/aromatic N) is 2. The molecule has 1 aliphatic carbocycles. The highest BCUT2D eigenvalue weighted by atomic mass is 16.1. The maximum atomic E-state index is 12.6. The Morgan fingerprint density at radius 2 is 1.77 bits per heavy atom. The van der Waals surface area contributed by atoms with Gasteiger partial charge in [0.1, 0.15) is 5.69 Å². The van der Waals surface area contributed by atoms with Crippen LogP contribution < -0.4 is 10.6 Å². The topological polar surface area (TPSA) is 66.9 Å². The van der Waals surface area contributed by atoms with Gasteiger partial charge in [-0.25, -0.2) is 9.97 Å². The molecule has 0 aliphatic heterocycles. The van der Waals surface area contributed by atoms with E-state index in [1.807, 2.05) is 31.2 Å². The molecule has 5 heteroatoms. The first-order chi connectivity index (χ1) is 12.6. The third-order valence-corrected chi connectivity index (χ3v) is 4.90. The van der Waals surface area contributed by atoms with Gasteiger partial charge in [-0.3, -0.25) is 4.79 Å². The molecule has 1 aromatic carbocycles. The van der Waals surface area contributed by atoms with Crippen molar-refractivity contribution in [2.75, 3.05) is 10.6 Å². The van der Waals surface area contributed by atoms with Gasteiger partial charge in [-0.1, -0.05) is 44.7 Å². The van der Waals surface area contributed by atoms with Gasteiger partial charge in [-0.05, 0) is 49.9 Å². The van der Waals surface area contributed by atoms with Crippen LogP contribution in [0.2, 0.25) is 0 Å². The van der Waals surface area contributed by atoms with Crippen molar-refractivity contribution in [2.24, 2.45) is 0 Å². The van der Waals surface area contributed by atoms with Crippen molar-refractivity contribution in [1.82, 2.24) is 9.97 Å². The number of rotatable bonds is 5. The van der Waals surface area contributed by atoms with Gasteiger partial charge in [0.25, 0.3) is 5.91 Å². The zero-order chi connectivity index (χ0) is 18.4. The molecule has 1 saturated carbocycles. The highest BCUT2D eigenvalue weighted by molar-refractivity contribution is 6.03. The first-order valence-electron chi connectivity index (χ1n) is 9.66. The number of amides is 1. The minimum Gasteiger partial charge on any atom is -0.351 e. The Balaban J connectivity index is 1.70.